The molecule has 0 unspecified atom stereocenters. The molecule has 0 aliphatic heterocycles. The normalized spacial score (nSPS) is 11.4. The lowest BCUT2D eigenvalue weighted by Gasteiger charge is -2.15. The summed E-state index contributed by atoms with van der Waals surface area (Å²) in [4.78, 5) is 0. The second kappa shape index (κ2) is 7.36. The highest BCUT2D eigenvalue weighted by Gasteiger charge is 2.25. The quantitative estimate of drug-likeness (QED) is 0.712. The first-order valence-electron chi connectivity index (χ1n) is 6.12. The fraction of sp³-hybridized carbons (Fsp3) is 0.133. The first kappa shape index (κ1) is 14.9. The average Bonchev–Trinajstić information content (AvgIpc) is 2.53. The molecule has 20 heavy (non-hydrogen) atoms. The molecule has 0 spiro atoms. The lowest BCUT2D eigenvalue weighted by Crippen LogP contribution is -1.98. The number of hydrogen-bond donors (Lipinski definition) is 0. The largest absolute Gasteiger partial charge is 0.475 e. The van der Waals surface area contributed by atoms with Gasteiger partial charge in [-0.25, -0.2) is 4.57 Å². The van der Waals surface area contributed by atoms with Crippen LogP contribution in [0.5, 0.6) is 0 Å². The van der Waals surface area contributed by atoms with Crippen molar-refractivity contribution in [3.05, 3.63) is 78.9 Å². The molecule has 0 saturated carbocycles. The lowest BCUT2D eigenvalue weighted by atomic mass is 10.2. The molecular formula is C15H16O4P. The van der Waals surface area contributed by atoms with Crippen molar-refractivity contribution >= 4 is 7.82 Å². The van der Waals surface area contributed by atoms with Crippen molar-refractivity contribution < 1.29 is 18.1 Å². The predicted molar refractivity (Wildman–Crippen MR) is 76.5 cm³/mol. The van der Waals surface area contributed by atoms with Gasteiger partial charge in [-0.2, -0.15) is 0 Å². The van der Waals surface area contributed by atoms with E-state index in [-0.39, 0.29) is 13.2 Å². The monoisotopic (exact) mass is 291 g/mol. The van der Waals surface area contributed by atoms with Crippen LogP contribution in [0.3, 0.4) is 0 Å². The van der Waals surface area contributed by atoms with Crippen LogP contribution in [0.1, 0.15) is 11.1 Å². The summed E-state index contributed by atoms with van der Waals surface area (Å²) in [5.74, 6) is 0. The molecule has 0 heterocycles. The van der Waals surface area contributed by atoms with Crippen LogP contribution in [0.2, 0.25) is 0 Å². The third-order valence-corrected chi connectivity index (χ3v) is 3.83. The molecule has 1 radical (unpaired) electrons. The summed E-state index contributed by atoms with van der Waals surface area (Å²) < 4.78 is 27.3. The van der Waals surface area contributed by atoms with Crippen LogP contribution >= 0.6 is 7.82 Å². The second-order valence-corrected chi connectivity index (χ2v) is 5.76. The third-order valence-electron chi connectivity index (χ3n) is 2.62. The molecule has 0 N–H and O–H groups in total. The summed E-state index contributed by atoms with van der Waals surface area (Å²) in [6.45, 7) is 0.283. The molecule has 0 bridgehead atoms. The zero-order valence-corrected chi connectivity index (χ0v) is 11.9. The van der Waals surface area contributed by atoms with Crippen LogP contribution in [0, 0.1) is 7.11 Å². The van der Waals surface area contributed by atoms with E-state index in [9.17, 15) is 4.57 Å². The Balaban J connectivity index is 1.90. The minimum Gasteiger partial charge on any atom is -0.284 e. The molecule has 105 valence electrons. The maximum Gasteiger partial charge on any atom is 0.475 e. The Hall–Kier alpha value is -1.45. The Labute approximate surface area is 118 Å². The van der Waals surface area contributed by atoms with Crippen molar-refractivity contribution in [2.24, 2.45) is 0 Å². The molecule has 2 aromatic carbocycles. The van der Waals surface area contributed by atoms with E-state index < -0.39 is 7.82 Å². The van der Waals surface area contributed by atoms with Crippen LogP contribution in [0.25, 0.3) is 0 Å². The maximum atomic E-state index is 12.2. The molecule has 0 aliphatic carbocycles. The molecule has 0 aromatic heterocycles. The van der Waals surface area contributed by atoms with Gasteiger partial charge in [0.05, 0.1) is 20.3 Å². The van der Waals surface area contributed by atoms with E-state index in [0.29, 0.717) is 0 Å². The molecule has 0 atom stereocenters. The van der Waals surface area contributed by atoms with Gasteiger partial charge in [0, 0.05) is 0 Å². The minimum absolute atomic E-state index is 0.141. The van der Waals surface area contributed by atoms with E-state index in [4.69, 9.17) is 9.05 Å². The van der Waals surface area contributed by atoms with Crippen LogP contribution < -0.4 is 0 Å². The third kappa shape index (κ3) is 4.58. The molecule has 2 rings (SSSR count). The molecule has 0 amide bonds. The highest BCUT2D eigenvalue weighted by molar-refractivity contribution is 7.48. The molecule has 0 saturated heterocycles. The van der Waals surface area contributed by atoms with Gasteiger partial charge in [0.2, 0.25) is 0 Å². The molecule has 0 fully saturated rings. The van der Waals surface area contributed by atoms with Gasteiger partial charge in [-0.3, -0.25) is 13.6 Å². The number of phosphoric ester groups is 1. The van der Waals surface area contributed by atoms with Gasteiger partial charge < -0.3 is 0 Å². The number of hydrogen-bond acceptors (Lipinski definition) is 4. The zero-order chi connectivity index (χ0) is 14.3. The minimum atomic E-state index is -3.64. The van der Waals surface area contributed by atoms with Gasteiger partial charge >= 0.3 is 7.82 Å². The van der Waals surface area contributed by atoms with E-state index >= 15 is 0 Å². The van der Waals surface area contributed by atoms with E-state index in [2.05, 4.69) is 11.6 Å². The van der Waals surface area contributed by atoms with E-state index in [1.807, 2.05) is 60.7 Å². The highest BCUT2D eigenvalue weighted by atomic mass is 31.2. The van der Waals surface area contributed by atoms with Crippen LogP contribution in [-0.4, -0.2) is 0 Å². The average molecular weight is 291 g/mol. The maximum absolute atomic E-state index is 12.2. The SMILES string of the molecule is [CH2]OP(=O)(OCc1ccccc1)OCc1ccccc1. The molecule has 5 heteroatoms. The van der Waals surface area contributed by atoms with Crippen molar-refractivity contribution in [3.8, 4) is 0 Å². The summed E-state index contributed by atoms with van der Waals surface area (Å²) in [6, 6.07) is 18.8. The van der Waals surface area contributed by atoms with E-state index in [1.54, 1.807) is 0 Å². The second-order valence-electron chi connectivity index (χ2n) is 4.09. The first-order valence-corrected chi connectivity index (χ1v) is 7.59. The molecule has 0 aliphatic rings. The number of benzene rings is 2. The Bertz CT molecular complexity index is 509. The van der Waals surface area contributed by atoms with Gasteiger partial charge in [-0.05, 0) is 11.1 Å². The predicted octanol–water partition coefficient (Wildman–Crippen LogP) is 4.34. The topological polar surface area (TPSA) is 44.8 Å². The Morgan fingerprint density at radius 3 is 1.55 bits per heavy atom. The Morgan fingerprint density at radius 1 is 0.800 bits per heavy atom. The van der Waals surface area contributed by atoms with Crippen molar-refractivity contribution in [2.75, 3.05) is 0 Å². The van der Waals surface area contributed by atoms with Gasteiger partial charge in [-0.1, -0.05) is 60.7 Å². The fourth-order valence-electron chi connectivity index (χ4n) is 1.57. The summed E-state index contributed by atoms with van der Waals surface area (Å²) in [5.41, 5.74) is 1.76. The molecule has 2 aromatic rings. The summed E-state index contributed by atoms with van der Waals surface area (Å²) in [6.07, 6.45) is 0. The highest BCUT2D eigenvalue weighted by Crippen LogP contribution is 2.50. The van der Waals surface area contributed by atoms with Crippen LogP contribution in [0.4, 0.5) is 0 Å². The molecule has 4 nitrogen and oxygen atoms in total. The van der Waals surface area contributed by atoms with Gasteiger partial charge in [0.25, 0.3) is 0 Å². The van der Waals surface area contributed by atoms with E-state index in [1.165, 1.54) is 0 Å². The number of phosphoric acid groups is 1. The van der Waals surface area contributed by atoms with Gasteiger partial charge in [0.15, 0.2) is 0 Å². The number of rotatable bonds is 7. The van der Waals surface area contributed by atoms with Crippen molar-refractivity contribution in [1.82, 2.24) is 0 Å². The molecular weight excluding hydrogens is 275 g/mol. The summed E-state index contributed by atoms with van der Waals surface area (Å²) >= 11 is 0. The van der Waals surface area contributed by atoms with E-state index in [0.717, 1.165) is 11.1 Å². The Morgan fingerprint density at radius 2 is 1.20 bits per heavy atom. The fourth-order valence-corrected chi connectivity index (χ4v) is 2.41. The lowest BCUT2D eigenvalue weighted by molar-refractivity contribution is 0.129. The zero-order valence-electron chi connectivity index (χ0n) is 11.0. The van der Waals surface area contributed by atoms with Gasteiger partial charge in [0.1, 0.15) is 0 Å². The first-order chi connectivity index (χ1) is 9.72. The Kier molecular flexibility index (Phi) is 5.50. The van der Waals surface area contributed by atoms with Crippen LogP contribution in [0.15, 0.2) is 60.7 Å². The summed E-state index contributed by atoms with van der Waals surface area (Å²) in [7, 11) is -0.473. The van der Waals surface area contributed by atoms with Crippen molar-refractivity contribution in [2.45, 2.75) is 13.2 Å². The van der Waals surface area contributed by atoms with Crippen LogP contribution in [-0.2, 0) is 31.4 Å². The van der Waals surface area contributed by atoms with Gasteiger partial charge in [-0.15, -0.1) is 0 Å². The standard InChI is InChI=1S/C15H16O4P/c1-17-20(16,18-12-14-8-4-2-5-9-14)19-13-15-10-6-3-7-11-15/h2-11H,1,12-13H2. The smallest absolute Gasteiger partial charge is 0.284 e. The van der Waals surface area contributed by atoms with Crippen molar-refractivity contribution in [3.63, 3.8) is 0 Å². The van der Waals surface area contributed by atoms with Crippen molar-refractivity contribution in [1.29, 1.82) is 0 Å². The summed E-state index contributed by atoms with van der Waals surface area (Å²) in [5, 5.41) is 0.